The van der Waals surface area contributed by atoms with Gasteiger partial charge in [0.2, 0.25) is 5.91 Å². The largest absolute Gasteiger partial charge is 0.465 e. The second-order valence-electron chi connectivity index (χ2n) is 7.03. The number of likely N-dealkylation sites (tertiary alicyclic amines) is 1. The molecule has 2 saturated heterocycles. The van der Waals surface area contributed by atoms with Gasteiger partial charge in [0.1, 0.15) is 5.82 Å². The van der Waals surface area contributed by atoms with Gasteiger partial charge in [-0.1, -0.05) is 6.07 Å². The number of amides is 1. The summed E-state index contributed by atoms with van der Waals surface area (Å²) in [5, 5.41) is 3.25. The predicted octanol–water partition coefficient (Wildman–Crippen LogP) is 1.75. The summed E-state index contributed by atoms with van der Waals surface area (Å²) >= 11 is 0. The molecular formula is C19H28Cl2FN3O3. The molecule has 3 rings (SSSR count). The van der Waals surface area contributed by atoms with Gasteiger partial charge >= 0.3 is 5.97 Å². The van der Waals surface area contributed by atoms with Crippen molar-refractivity contribution in [1.29, 1.82) is 0 Å². The Labute approximate surface area is 177 Å². The minimum absolute atomic E-state index is 0. The minimum atomic E-state index is -0.654. The number of halogens is 3. The van der Waals surface area contributed by atoms with Crippen molar-refractivity contribution in [2.24, 2.45) is 5.92 Å². The zero-order valence-electron chi connectivity index (χ0n) is 16.0. The molecule has 1 N–H and O–H groups in total. The molecule has 1 amide bonds. The van der Waals surface area contributed by atoms with E-state index in [1.54, 1.807) is 12.1 Å². The Balaban J connectivity index is 0.00000196. The van der Waals surface area contributed by atoms with Crippen LogP contribution in [0.4, 0.5) is 4.39 Å². The van der Waals surface area contributed by atoms with Gasteiger partial charge < -0.3 is 15.0 Å². The summed E-state index contributed by atoms with van der Waals surface area (Å²) in [5.41, 5.74) is 0.904. The van der Waals surface area contributed by atoms with Crippen LogP contribution in [0.1, 0.15) is 22.3 Å². The molecule has 0 radical (unpaired) electrons. The van der Waals surface area contributed by atoms with Crippen LogP contribution >= 0.6 is 24.8 Å². The maximum atomic E-state index is 13.7. The molecule has 0 spiro atoms. The van der Waals surface area contributed by atoms with E-state index in [1.807, 2.05) is 4.90 Å². The van der Waals surface area contributed by atoms with Gasteiger partial charge in [-0.3, -0.25) is 9.69 Å². The van der Waals surface area contributed by atoms with Crippen LogP contribution in [0.2, 0.25) is 0 Å². The Hall–Kier alpha value is -1.41. The summed E-state index contributed by atoms with van der Waals surface area (Å²) < 4.78 is 18.4. The van der Waals surface area contributed by atoms with Crippen molar-refractivity contribution < 1.29 is 18.7 Å². The fourth-order valence-corrected chi connectivity index (χ4v) is 3.73. The van der Waals surface area contributed by atoms with E-state index >= 15 is 0 Å². The van der Waals surface area contributed by atoms with Crippen molar-refractivity contribution in [3.05, 3.63) is 35.1 Å². The number of rotatable bonds is 5. The Bertz CT molecular complexity index is 672. The predicted molar refractivity (Wildman–Crippen MR) is 110 cm³/mol. The summed E-state index contributed by atoms with van der Waals surface area (Å²) in [5.74, 6) is -0.613. The first-order valence-corrected chi connectivity index (χ1v) is 9.14. The van der Waals surface area contributed by atoms with Gasteiger partial charge in [-0.15, -0.1) is 24.8 Å². The SMILES string of the molecule is COC(=O)c1cc(CC2CCN(CC(=O)N3CCNCC3)C2)ccc1F.Cl.Cl. The van der Waals surface area contributed by atoms with E-state index in [0.29, 0.717) is 12.5 Å². The van der Waals surface area contributed by atoms with Crippen molar-refractivity contribution in [2.45, 2.75) is 12.8 Å². The lowest BCUT2D eigenvalue weighted by molar-refractivity contribution is -0.132. The van der Waals surface area contributed by atoms with Crippen molar-refractivity contribution in [3.8, 4) is 0 Å². The summed E-state index contributed by atoms with van der Waals surface area (Å²) in [7, 11) is 1.25. The Morgan fingerprint density at radius 3 is 2.61 bits per heavy atom. The van der Waals surface area contributed by atoms with Gasteiger partial charge in [0.15, 0.2) is 0 Å². The number of hydrogen-bond acceptors (Lipinski definition) is 5. The first-order chi connectivity index (χ1) is 12.6. The molecule has 158 valence electrons. The Kier molecular flexibility index (Phi) is 10.2. The van der Waals surface area contributed by atoms with Crippen LogP contribution in [0.5, 0.6) is 0 Å². The van der Waals surface area contributed by atoms with Crippen LogP contribution in [0.25, 0.3) is 0 Å². The number of nitrogens with zero attached hydrogens (tertiary/aromatic N) is 2. The average Bonchev–Trinajstić information content (AvgIpc) is 3.10. The lowest BCUT2D eigenvalue weighted by atomic mass is 9.97. The van der Waals surface area contributed by atoms with E-state index in [1.165, 1.54) is 13.2 Å². The number of methoxy groups -OCH3 is 1. The zero-order valence-corrected chi connectivity index (χ0v) is 17.6. The molecule has 1 unspecified atom stereocenters. The van der Waals surface area contributed by atoms with Gasteiger partial charge in [-0.2, -0.15) is 0 Å². The van der Waals surface area contributed by atoms with Crippen molar-refractivity contribution in [2.75, 3.05) is 52.9 Å². The van der Waals surface area contributed by atoms with Crippen LogP contribution in [-0.4, -0.2) is 74.6 Å². The third-order valence-electron chi connectivity index (χ3n) is 5.16. The van der Waals surface area contributed by atoms with E-state index in [4.69, 9.17) is 0 Å². The maximum absolute atomic E-state index is 13.7. The molecule has 1 aromatic rings. The molecule has 2 heterocycles. The van der Waals surface area contributed by atoms with Crippen molar-refractivity contribution in [1.82, 2.24) is 15.1 Å². The first-order valence-electron chi connectivity index (χ1n) is 9.14. The molecular weight excluding hydrogens is 408 g/mol. The molecule has 0 bridgehead atoms. The van der Waals surface area contributed by atoms with Crippen LogP contribution in [0.3, 0.4) is 0 Å². The van der Waals surface area contributed by atoms with E-state index in [0.717, 1.165) is 57.7 Å². The van der Waals surface area contributed by atoms with E-state index < -0.39 is 11.8 Å². The number of carbonyl (C=O) groups is 2. The zero-order chi connectivity index (χ0) is 18.5. The van der Waals surface area contributed by atoms with Crippen LogP contribution in [-0.2, 0) is 16.0 Å². The molecule has 6 nitrogen and oxygen atoms in total. The lowest BCUT2D eigenvalue weighted by Crippen LogP contribution is -2.49. The molecule has 9 heteroatoms. The Morgan fingerprint density at radius 2 is 1.93 bits per heavy atom. The average molecular weight is 436 g/mol. The van der Waals surface area contributed by atoms with Crippen LogP contribution in [0, 0.1) is 11.7 Å². The number of esters is 1. The summed E-state index contributed by atoms with van der Waals surface area (Å²) in [6.45, 7) is 5.50. The molecule has 28 heavy (non-hydrogen) atoms. The highest BCUT2D eigenvalue weighted by atomic mass is 35.5. The number of carbonyl (C=O) groups excluding carboxylic acids is 2. The molecule has 0 saturated carbocycles. The topological polar surface area (TPSA) is 61.9 Å². The smallest absolute Gasteiger partial charge is 0.340 e. The third-order valence-corrected chi connectivity index (χ3v) is 5.16. The summed E-state index contributed by atoms with van der Waals surface area (Å²) in [6, 6.07) is 4.62. The van der Waals surface area contributed by atoms with Crippen molar-refractivity contribution in [3.63, 3.8) is 0 Å². The van der Waals surface area contributed by atoms with Crippen LogP contribution < -0.4 is 5.32 Å². The molecule has 2 aliphatic rings. The Morgan fingerprint density at radius 1 is 1.21 bits per heavy atom. The van der Waals surface area contributed by atoms with E-state index in [2.05, 4.69) is 15.0 Å². The quantitative estimate of drug-likeness (QED) is 0.713. The second-order valence-corrected chi connectivity index (χ2v) is 7.03. The highest BCUT2D eigenvalue weighted by Crippen LogP contribution is 2.22. The summed E-state index contributed by atoms with van der Waals surface area (Å²) in [4.78, 5) is 28.1. The molecule has 1 atom stereocenters. The van der Waals surface area contributed by atoms with Gasteiger partial charge in [-0.25, -0.2) is 9.18 Å². The number of ether oxygens (including phenoxy) is 1. The molecule has 0 aliphatic carbocycles. The van der Waals surface area contributed by atoms with E-state index in [-0.39, 0.29) is 36.3 Å². The number of nitrogens with one attached hydrogen (secondary N) is 1. The molecule has 0 aromatic heterocycles. The molecule has 2 fully saturated rings. The van der Waals surface area contributed by atoms with Gasteiger partial charge in [0.05, 0.1) is 19.2 Å². The lowest BCUT2D eigenvalue weighted by Gasteiger charge is -2.29. The number of hydrogen-bond donors (Lipinski definition) is 1. The third kappa shape index (κ3) is 6.30. The van der Waals surface area contributed by atoms with E-state index in [9.17, 15) is 14.0 Å². The highest BCUT2D eigenvalue weighted by molar-refractivity contribution is 5.89. The van der Waals surface area contributed by atoms with Gasteiger partial charge in [0.25, 0.3) is 0 Å². The first kappa shape index (κ1) is 24.6. The normalized spacial score (nSPS) is 19.5. The van der Waals surface area contributed by atoms with Gasteiger partial charge in [-0.05, 0) is 43.0 Å². The van der Waals surface area contributed by atoms with Crippen molar-refractivity contribution >= 4 is 36.7 Å². The maximum Gasteiger partial charge on any atom is 0.340 e. The highest BCUT2D eigenvalue weighted by Gasteiger charge is 2.26. The molecule has 2 aliphatic heterocycles. The minimum Gasteiger partial charge on any atom is -0.465 e. The standard InChI is InChI=1S/C19H26FN3O3.2ClH/c1-26-19(25)16-11-14(2-3-17(16)20)10-15-4-7-22(12-15)13-18(24)23-8-5-21-6-9-23;;/h2-3,11,15,21H,4-10,12-13H2,1H3;2*1H. The fraction of sp³-hybridized carbons (Fsp3) is 0.579. The molecule has 1 aromatic carbocycles. The number of piperazine rings is 1. The fourth-order valence-electron chi connectivity index (χ4n) is 3.73. The summed E-state index contributed by atoms with van der Waals surface area (Å²) in [6.07, 6.45) is 1.77. The second kappa shape index (κ2) is 11.6. The number of benzene rings is 1. The van der Waals surface area contributed by atoms with Gasteiger partial charge in [0, 0.05) is 32.7 Å². The monoisotopic (exact) mass is 435 g/mol. The van der Waals surface area contributed by atoms with Crippen LogP contribution in [0.15, 0.2) is 18.2 Å².